The summed E-state index contributed by atoms with van der Waals surface area (Å²) in [5, 5.41) is 10.0. The first-order valence-corrected chi connectivity index (χ1v) is 13.6. The van der Waals surface area contributed by atoms with Gasteiger partial charge in [0, 0.05) is 17.3 Å². The topological polar surface area (TPSA) is 71.4 Å². The van der Waals surface area contributed by atoms with Gasteiger partial charge in [-0.3, -0.25) is 9.59 Å². The maximum absolute atomic E-state index is 13.0. The van der Waals surface area contributed by atoms with Crippen LogP contribution in [0.4, 0.5) is 0 Å². The van der Waals surface area contributed by atoms with Crippen LogP contribution < -0.4 is 0 Å². The summed E-state index contributed by atoms with van der Waals surface area (Å²) >= 11 is 0. The van der Waals surface area contributed by atoms with Gasteiger partial charge in [0.2, 0.25) is 0 Å². The van der Waals surface area contributed by atoms with Gasteiger partial charge in [0.05, 0.1) is 5.41 Å². The molecule has 8 unspecified atom stereocenters. The van der Waals surface area contributed by atoms with Crippen LogP contribution in [0, 0.1) is 50.2 Å². The monoisotopic (exact) mass is 468 g/mol. The molecule has 0 amide bonds. The molecule has 8 atom stereocenters. The molecule has 4 fully saturated rings. The minimum absolute atomic E-state index is 0.0106. The Labute approximate surface area is 205 Å². The summed E-state index contributed by atoms with van der Waals surface area (Å²) in [5.41, 5.74) is 0.102. The van der Waals surface area contributed by atoms with Crippen LogP contribution in [0.1, 0.15) is 106 Å². The number of rotatable bonds is 2. The van der Waals surface area contributed by atoms with Gasteiger partial charge in [-0.25, -0.2) is 0 Å². The number of hydrogen-bond donors (Lipinski definition) is 1. The van der Waals surface area contributed by atoms with Crippen molar-refractivity contribution in [1.82, 2.24) is 0 Å². The number of ketones is 1. The van der Waals surface area contributed by atoms with E-state index in [2.05, 4.69) is 40.7 Å². The number of fused-ring (bicyclic) bond motifs is 7. The van der Waals surface area contributed by atoms with E-state index in [-0.39, 0.29) is 28.1 Å². The van der Waals surface area contributed by atoms with Crippen molar-refractivity contribution in [3.05, 3.63) is 11.6 Å². The first kappa shape index (κ1) is 24.3. The van der Waals surface area contributed by atoms with Gasteiger partial charge in [0.25, 0.3) is 0 Å². The average Bonchev–Trinajstić information content (AvgIpc) is 2.77. The van der Waals surface area contributed by atoms with E-state index in [1.54, 1.807) is 0 Å². The minimum Gasteiger partial charge on any atom is -0.481 e. The number of carbonyl (C=O) groups is 3. The van der Waals surface area contributed by atoms with Crippen LogP contribution in [0.25, 0.3) is 0 Å². The standard InChI is InChI=1S/C30H44O4/c1-25(2)21-9-11-29(6)22(30(21,18-31)12-10-23(25)32)8-7-19-20-17-27(4,24(33)34)14-13-26(20,3)15-16-28(19,29)5/h7,18,20-22H,8-17H2,1-6H3,(H,33,34). The lowest BCUT2D eigenvalue weighted by molar-refractivity contribution is -0.187. The van der Waals surface area contributed by atoms with Gasteiger partial charge < -0.3 is 9.90 Å². The Hall–Kier alpha value is -1.45. The van der Waals surface area contributed by atoms with Crippen LogP contribution in [-0.2, 0) is 14.4 Å². The van der Waals surface area contributed by atoms with E-state index >= 15 is 0 Å². The summed E-state index contributed by atoms with van der Waals surface area (Å²) in [6.45, 7) is 13.4. The van der Waals surface area contributed by atoms with Crippen molar-refractivity contribution in [1.29, 1.82) is 0 Å². The maximum Gasteiger partial charge on any atom is 0.309 e. The summed E-state index contributed by atoms with van der Waals surface area (Å²) in [6, 6.07) is 0. The van der Waals surface area contributed by atoms with Crippen LogP contribution in [0.15, 0.2) is 11.6 Å². The lowest BCUT2D eigenvalue weighted by Crippen LogP contribution is -2.65. The van der Waals surface area contributed by atoms with Crippen LogP contribution in [-0.4, -0.2) is 23.1 Å². The lowest BCUT2D eigenvalue weighted by atomic mass is 9.33. The highest BCUT2D eigenvalue weighted by atomic mass is 16.4. The molecule has 5 aliphatic carbocycles. The molecule has 0 spiro atoms. The zero-order valence-corrected chi connectivity index (χ0v) is 22.1. The van der Waals surface area contributed by atoms with Crippen molar-refractivity contribution in [2.75, 3.05) is 0 Å². The molecule has 0 radical (unpaired) electrons. The lowest BCUT2D eigenvalue weighted by Gasteiger charge is -2.70. The molecular weight excluding hydrogens is 424 g/mol. The molecule has 4 heteroatoms. The Bertz CT molecular complexity index is 978. The molecule has 0 heterocycles. The predicted molar refractivity (Wildman–Crippen MR) is 132 cm³/mol. The van der Waals surface area contributed by atoms with E-state index in [4.69, 9.17) is 0 Å². The zero-order chi connectivity index (χ0) is 24.9. The average molecular weight is 469 g/mol. The molecular formula is C30H44O4. The first-order chi connectivity index (χ1) is 15.7. The number of carboxylic acid groups (broad SMARTS) is 1. The van der Waals surface area contributed by atoms with E-state index in [1.165, 1.54) is 11.9 Å². The third-order valence-corrected chi connectivity index (χ3v) is 12.9. The van der Waals surface area contributed by atoms with Gasteiger partial charge in [-0.1, -0.05) is 46.3 Å². The Balaban J connectivity index is 1.60. The number of aldehydes is 1. The highest BCUT2D eigenvalue weighted by Gasteiger charge is 2.69. The Kier molecular flexibility index (Phi) is 5.04. The molecule has 5 aliphatic rings. The molecule has 0 aromatic heterocycles. The highest BCUT2D eigenvalue weighted by Crippen LogP contribution is 2.75. The summed E-state index contributed by atoms with van der Waals surface area (Å²) in [6.07, 6.45) is 12.5. The van der Waals surface area contributed by atoms with Crippen molar-refractivity contribution < 1.29 is 19.5 Å². The largest absolute Gasteiger partial charge is 0.481 e. The Morgan fingerprint density at radius 1 is 0.971 bits per heavy atom. The van der Waals surface area contributed by atoms with Crippen LogP contribution in [0.5, 0.6) is 0 Å². The number of carbonyl (C=O) groups excluding carboxylic acids is 2. The van der Waals surface area contributed by atoms with Gasteiger partial charge in [0.1, 0.15) is 12.1 Å². The maximum atomic E-state index is 13.0. The van der Waals surface area contributed by atoms with Crippen molar-refractivity contribution >= 4 is 18.0 Å². The number of carboxylic acids is 1. The van der Waals surface area contributed by atoms with Crippen LogP contribution in [0.2, 0.25) is 0 Å². The number of allylic oxidation sites excluding steroid dienone is 2. The number of hydrogen-bond acceptors (Lipinski definition) is 3. The second kappa shape index (κ2) is 7.07. The normalized spacial score (nSPS) is 51.8. The van der Waals surface area contributed by atoms with E-state index in [1.807, 2.05) is 6.92 Å². The Morgan fingerprint density at radius 2 is 1.65 bits per heavy atom. The van der Waals surface area contributed by atoms with Gasteiger partial charge in [-0.05, 0) is 98.7 Å². The molecule has 1 N–H and O–H groups in total. The fourth-order valence-electron chi connectivity index (χ4n) is 10.1. The Morgan fingerprint density at radius 3 is 2.29 bits per heavy atom. The predicted octanol–water partition coefficient (Wildman–Crippen LogP) is 6.62. The third-order valence-electron chi connectivity index (χ3n) is 12.9. The third kappa shape index (κ3) is 2.75. The molecule has 4 nitrogen and oxygen atoms in total. The number of Topliss-reactive ketones (excluding diaryl/α,β-unsaturated/α-hetero) is 1. The fourth-order valence-corrected chi connectivity index (χ4v) is 10.1. The number of aliphatic carboxylic acids is 1. The molecule has 0 saturated heterocycles. The second-order valence-corrected chi connectivity index (χ2v) is 14.4. The summed E-state index contributed by atoms with van der Waals surface area (Å²) in [4.78, 5) is 38.1. The van der Waals surface area contributed by atoms with Crippen molar-refractivity contribution in [2.45, 2.75) is 106 Å². The van der Waals surface area contributed by atoms with E-state index in [0.717, 1.165) is 51.4 Å². The molecule has 0 aromatic carbocycles. The molecule has 0 aliphatic heterocycles. The van der Waals surface area contributed by atoms with Crippen LogP contribution in [0.3, 0.4) is 0 Å². The van der Waals surface area contributed by atoms with Crippen LogP contribution >= 0.6 is 0 Å². The van der Waals surface area contributed by atoms with Crippen molar-refractivity contribution in [3.8, 4) is 0 Å². The first-order valence-electron chi connectivity index (χ1n) is 13.6. The van der Waals surface area contributed by atoms with Gasteiger partial charge in [0.15, 0.2) is 0 Å². The second-order valence-electron chi connectivity index (χ2n) is 14.4. The smallest absolute Gasteiger partial charge is 0.309 e. The zero-order valence-electron chi connectivity index (χ0n) is 22.1. The molecule has 4 saturated carbocycles. The summed E-state index contributed by atoms with van der Waals surface area (Å²) in [7, 11) is 0. The minimum atomic E-state index is -0.656. The van der Waals surface area contributed by atoms with Gasteiger partial charge in [-0.15, -0.1) is 0 Å². The van der Waals surface area contributed by atoms with E-state index in [0.29, 0.717) is 24.5 Å². The van der Waals surface area contributed by atoms with Gasteiger partial charge in [-0.2, -0.15) is 0 Å². The van der Waals surface area contributed by atoms with Crippen molar-refractivity contribution in [3.63, 3.8) is 0 Å². The molecule has 5 rings (SSSR count). The quantitative estimate of drug-likeness (QED) is 0.365. The SMILES string of the molecule is CC1(C(=O)O)CCC2(C)CCC3(C)C(=CCC4C5(C=O)CCC(=O)C(C)(C)C5CCC43C)C2C1. The highest BCUT2D eigenvalue weighted by molar-refractivity contribution is 5.87. The van der Waals surface area contributed by atoms with E-state index in [9.17, 15) is 19.5 Å². The summed E-state index contributed by atoms with van der Waals surface area (Å²) < 4.78 is 0. The molecule has 34 heavy (non-hydrogen) atoms. The molecule has 188 valence electrons. The van der Waals surface area contributed by atoms with Gasteiger partial charge >= 0.3 is 5.97 Å². The van der Waals surface area contributed by atoms with Crippen molar-refractivity contribution in [2.24, 2.45) is 50.2 Å². The summed E-state index contributed by atoms with van der Waals surface area (Å²) in [5.74, 6) is 0.329. The fraction of sp³-hybridized carbons (Fsp3) is 0.833. The molecule has 0 bridgehead atoms. The molecule has 0 aromatic rings. The van der Waals surface area contributed by atoms with E-state index < -0.39 is 22.2 Å².